The van der Waals surface area contributed by atoms with Gasteiger partial charge in [-0.05, 0) is 75.6 Å². The number of nitrogens with one attached hydrogen (secondary N) is 2. The third-order valence-electron chi connectivity index (χ3n) is 4.93. The van der Waals surface area contributed by atoms with Gasteiger partial charge in [0, 0.05) is 12.1 Å². The molecule has 0 atom stereocenters. The van der Waals surface area contributed by atoms with Gasteiger partial charge in [-0.1, -0.05) is 24.3 Å². The Labute approximate surface area is 167 Å². The first-order valence-corrected chi connectivity index (χ1v) is 11.1. The van der Waals surface area contributed by atoms with Crippen LogP contribution in [-0.4, -0.2) is 45.4 Å². The maximum absolute atomic E-state index is 12.6. The predicted molar refractivity (Wildman–Crippen MR) is 111 cm³/mol. The molecule has 2 aromatic carbocycles. The van der Waals surface area contributed by atoms with Crippen molar-refractivity contribution in [1.29, 1.82) is 0 Å². The number of sulfonamides is 1. The van der Waals surface area contributed by atoms with Gasteiger partial charge in [-0.2, -0.15) is 0 Å². The first kappa shape index (κ1) is 20.4. The van der Waals surface area contributed by atoms with E-state index in [4.69, 9.17) is 0 Å². The van der Waals surface area contributed by atoms with Crippen LogP contribution in [0.2, 0.25) is 0 Å². The third-order valence-corrected chi connectivity index (χ3v) is 6.31. The van der Waals surface area contributed by atoms with Crippen LogP contribution in [0.5, 0.6) is 0 Å². The first-order chi connectivity index (χ1) is 13.5. The average Bonchev–Trinajstić information content (AvgIpc) is 3.21. The molecule has 1 aliphatic heterocycles. The lowest BCUT2D eigenvalue weighted by Crippen LogP contribution is -2.28. The summed E-state index contributed by atoms with van der Waals surface area (Å²) in [6, 6.07) is 13.2. The fraction of sp³-hybridized carbons (Fsp3) is 0.381. The summed E-state index contributed by atoms with van der Waals surface area (Å²) in [6.07, 6.45) is 3.43. The highest BCUT2D eigenvalue weighted by Crippen LogP contribution is 2.21. The number of hydrogen-bond acceptors (Lipinski definition) is 4. The van der Waals surface area contributed by atoms with Gasteiger partial charge in [0.2, 0.25) is 0 Å². The maximum Gasteiger partial charge on any atom is 0.261 e. The normalized spacial score (nSPS) is 14.8. The van der Waals surface area contributed by atoms with Gasteiger partial charge >= 0.3 is 0 Å². The Morgan fingerprint density at radius 3 is 2.50 bits per heavy atom. The number of carbonyl (C=O) groups is 1. The van der Waals surface area contributed by atoms with Crippen molar-refractivity contribution in [2.75, 3.05) is 30.9 Å². The van der Waals surface area contributed by atoms with Crippen LogP contribution in [0.25, 0.3) is 0 Å². The molecule has 0 radical (unpaired) electrons. The third kappa shape index (κ3) is 5.33. The molecule has 6 nitrogen and oxygen atoms in total. The van der Waals surface area contributed by atoms with Gasteiger partial charge in [-0.3, -0.25) is 9.52 Å². The Kier molecular flexibility index (Phi) is 6.70. The van der Waals surface area contributed by atoms with E-state index in [-0.39, 0.29) is 10.8 Å². The fourth-order valence-electron chi connectivity index (χ4n) is 3.29. The number of benzene rings is 2. The van der Waals surface area contributed by atoms with E-state index in [2.05, 4.69) is 14.9 Å². The SMILES string of the molecule is Cc1ccc(C(=O)NCCCN2CCCC2)cc1NS(=O)(=O)c1ccccc1. The van der Waals surface area contributed by atoms with E-state index in [0.717, 1.165) is 31.6 Å². The van der Waals surface area contributed by atoms with E-state index in [0.29, 0.717) is 17.8 Å². The van der Waals surface area contributed by atoms with Crippen molar-refractivity contribution in [3.8, 4) is 0 Å². The van der Waals surface area contributed by atoms with Crippen molar-refractivity contribution < 1.29 is 13.2 Å². The molecular weight excluding hydrogens is 374 g/mol. The topological polar surface area (TPSA) is 78.5 Å². The largest absolute Gasteiger partial charge is 0.352 e. The second-order valence-corrected chi connectivity index (χ2v) is 8.79. The van der Waals surface area contributed by atoms with Crippen molar-refractivity contribution in [1.82, 2.24) is 10.2 Å². The average molecular weight is 402 g/mol. The van der Waals surface area contributed by atoms with Crippen molar-refractivity contribution in [3.63, 3.8) is 0 Å². The van der Waals surface area contributed by atoms with E-state index in [1.807, 2.05) is 0 Å². The maximum atomic E-state index is 12.6. The minimum absolute atomic E-state index is 0.186. The summed E-state index contributed by atoms with van der Waals surface area (Å²) in [5.74, 6) is -0.193. The Balaban J connectivity index is 1.61. The Bertz CT molecular complexity index is 908. The lowest BCUT2D eigenvalue weighted by atomic mass is 10.1. The summed E-state index contributed by atoms with van der Waals surface area (Å²) in [4.78, 5) is 15.0. The Morgan fingerprint density at radius 2 is 1.79 bits per heavy atom. The molecule has 7 heteroatoms. The number of nitrogens with zero attached hydrogens (tertiary/aromatic N) is 1. The standard InChI is InChI=1S/C21H27N3O3S/c1-17-10-11-18(21(25)22-12-7-15-24-13-5-6-14-24)16-20(17)23-28(26,27)19-8-3-2-4-9-19/h2-4,8-11,16,23H,5-7,12-15H2,1H3,(H,22,25). The van der Waals surface area contributed by atoms with Gasteiger partial charge in [0.1, 0.15) is 0 Å². The molecule has 0 aromatic heterocycles. The summed E-state index contributed by atoms with van der Waals surface area (Å²) in [7, 11) is -3.70. The van der Waals surface area contributed by atoms with Crippen LogP contribution in [0.1, 0.15) is 35.2 Å². The molecule has 150 valence electrons. The molecule has 1 heterocycles. The van der Waals surface area contributed by atoms with Gasteiger partial charge < -0.3 is 10.2 Å². The number of aryl methyl sites for hydroxylation is 1. The zero-order chi connectivity index (χ0) is 20.0. The molecule has 1 aliphatic rings. The quantitative estimate of drug-likeness (QED) is 0.667. The lowest BCUT2D eigenvalue weighted by molar-refractivity contribution is 0.0952. The summed E-state index contributed by atoms with van der Waals surface area (Å²) < 4.78 is 27.7. The van der Waals surface area contributed by atoms with Gasteiger partial charge in [0.05, 0.1) is 10.6 Å². The molecule has 2 aromatic rings. The summed E-state index contributed by atoms with van der Waals surface area (Å²) in [5.41, 5.74) is 1.61. The van der Waals surface area contributed by atoms with E-state index < -0.39 is 10.0 Å². The van der Waals surface area contributed by atoms with E-state index >= 15 is 0 Å². The van der Waals surface area contributed by atoms with E-state index in [1.54, 1.807) is 43.3 Å². The van der Waals surface area contributed by atoms with Crippen LogP contribution in [-0.2, 0) is 10.0 Å². The molecule has 3 rings (SSSR count). The number of likely N-dealkylation sites (tertiary alicyclic amines) is 1. The van der Waals surface area contributed by atoms with E-state index in [1.165, 1.54) is 25.0 Å². The van der Waals surface area contributed by atoms with Crippen molar-refractivity contribution in [3.05, 3.63) is 59.7 Å². The van der Waals surface area contributed by atoms with Gasteiger partial charge in [-0.15, -0.1) is 0 Å². The molecule has 0 spiro atoms. The monoisotopic (exact) mass is 401 g/mol. The zero-order valence-corrected chi connectivity index (χ0v) is 17.0. The first-order valence-electron chi connectivity index (χ1n) is 9.65. The van der Waals surface area contributed by atoms with Crippen LogP contribution in [0.15, 0.2) is 53.4 Å². The van der Waals surface area contributed by atoms with Crippen LogP contribution >= 0.6 is 0 Å². The minimum atomic E-state index is -3.70. The highest BCUT2D eigenvalue weighted by Gasteiger charge is 2.16. The molecule has 1 saturated heterocycles. The number of carbonyl (C=O) groups excluding carboxylic acids is 1. The molecule has 28 heavy (non-hydrogen) atoms. The number of amides is 1. The summed E-state index contributed by atoms with van der Waals surface area (Å²) in [6.45, 7) is 5.71. The van der Waals surface area contributed by atoms with E-state index in [9.17, 15) is 13.2 Å². The molecule has 2 N–H and O–H groups in total. The molecule has 0 aliphatic carbocycles. The highest BCUT2D eigenvalue weighted by atomic mass is 32.2. The molecule has 0 unspecified atom stereocenters. The van der Waals surface area contributed by atoms with Crippen LogP contribution in [0, 0.1) is 6.92 Å². The van der Waals surface area contributed by atoms with Crippen LogP contribution in [0.3, 0.4) is 0 Å². The van der Waals surface area contributed by atoms with Gasteiger partial charge in [0.25, 0.3) is 15.9 Å². The molecule has 1 amide bonds. The van der Waals surface area contributed by atoms with Crippen molar-refractivity contribution in [2.45, 2.75) is 31.1 Å². The Hall–Kier alpha value is -2.38. The second kappa shape index (κ2) is 9.21. The predicted octanol–water partition coefficient (Wildman–Crippen LogP) is 3.01. The smallest absolute Gasteiger partial charge is 0.261 e. The van der Waals surface area contributed by atoms with Crippen LogP contribution in [0.4, 0.5) is 5.69 Å². The number of anilines is 1. The lowest BCUT2D eigenvalue weighted by Gasteiger charge is -2.15. The van der Waals surface area contributed by atoms with Crippen molar-refractivity contribution >= 4 is 21.6 Å². The van der Waals surface area contributed by atoms with Gasteiger partial charge in [-0.25, -0.2) is 8.42 Å². The zero-order valence-electron chi connectivity index (χ0n) is 16.1. The second-order valence-electron chi connectivity index (χ2n) is 7.11. The Morgan fingerprint density at radius 1 is 1.07 bits per heavy atom. The molecule has 0 bridgehead atoms. The minimum Gasteiger partial charge on any atom is -0.352 e. The summed E-state index contributed by atoms with van der Waals surface area (Å²) >= 11 is 0. The van der Waals surface area contributed by atoms with Crippen molar-refractivity contribution in [2.24, 2.45) is 0 Å². The fourth-order valence-corrected chi connectivity index (χ4v) is 4.43. The number of hydrogen-bond donors (Lipinski definition) is 2. The summed E-state index contributed by atoms with van der Waals surface area (Å²) in [5, 5.41) is 2.92. The molecule has 0 saturated carbocycles. The van der Waals surface area contributed by atoms with Gasteiger partial charge in [0.15, 0.2) is 0 Å². The molecule has 1 fully saturated rings. The van der Waals surface area contributed by atoms with Crippen LogP contribution < -0.4 is 10.0 Å². The molecular formula is C21H27N3O3S. The number of rotatable bonds is 8. The highest BCUT2D eigenvalue weighted by molar-refractivity contribution is 7.92.